The summed E-state index contributed by atoms with van der Waals surface area (Å²) in [6.45, 7) is 0.638. The first-order chi connectivity index (χ1) is 9.79. The fraction of sp³-hybridized carbons (Fsp3) is 0.562. The van der Waals surface area contributed by atoms with Crippen LogP contribution in [0.5, 0.6) is 0 Å². The number of nitrogens with one attached hydrogen (secondary N) is 2. The van der Waals surface area contributed by atoms with E-state index in [9.17, 15) is 4.79 Å². The molecule has 1 aromatic rings. The van der Waals surface area contributed by atoms with E-state index in [0.717, 1.165) is 12.8 Å². The molecule has 2 unspecified atom stereocenters. The number of rotatable bonds is 6. The Hall–Kier alpha value is -1.55. The molecule has 4 nitrogen and oxygen atoms in total. The summed E-state index contributed by atoms with van der Waals surface area (Å²) in [5.74, 6) is 0.529. The molecule has 0 saturated heterocycles. The second-order valence-electron chi connectivity index (χ2n) is 5.46. The number of aliphatic hydroxyl groups excluding tert-OH is 1. The van der Waals surface area contributed by atoms with E-state index in [1.54, 1.807) is 0 Å². The van der Waals surface area contributed by atoms with Gasteiger partial charge in [-0.25, -0.2) is 4.79 Å². The smallest absolute Gasteiger partial charge is 0.315 e. The van der Waals surface area contributed by atoms with E-state index >= 15 is 0 Å². The lowest BCUT2D eigenvalue weighted by molar-refractivity contribution is 0.231. The van der Waals surface area contributed by atoms with Gasteiger partial charge in [-0.1, -0.05) is 36.8 Å². The molecule has 1 aromatic carbocycles. The first-order valence-electron chi connectivity index (χ1n) is 7.48. The van der Waals surface area contributed by atoms with Crippen LogP contribution in [0.4, 0.5) is 4.79 Å². The first kappa shape index (κ1) is 14.9. The molecule has 4 heteroatoms. The van der Waals surface area contributed by atoms with Crippen LogP contribution in [-0.2, 0) is 6.42 Å². The zero-order valence-corrected chi connectivity index (χ0v) is 11.8. The molecular formula is C16H24N2O2. The van der Waals surface area contributed by atoms with Gasteiger partial charge in [-0.3, -0.25) is 0 Å². The lowest BCUT2D eigenvalue weighted by Gasteiger charge is -2.21. The monoisotopic (exact) mass is 276 g/mol. The summed E-state index contributed by atoms with van der Waals surface area (Å²) in [7, 11) is 0. The molecule has 20 heavy (non-hydrogen) atoms. The van der Waals surface area contributed by atoms with Crippen molar-refractivity contribution in [2.75, 3.05) is 13.2 Å². The van der Waals surface area contributed by atoms with Crippen molar-refractivity contribution >= 4 is 6.03 Å². The molecule has 0 bridgehead atoms. The molecule has 0 aromatic heterocycles. The van der Waals surface area contributed by atoms with Gasteiger partial charge in [-0.2, -0.15) is 0 Å². The molecule has 0 heterocycles. The number of amides is 2. The van der Waals surface area contributed by atoms with Crippen LogP contribution < -0.4 is 10.6 Å². The number of aliphatic hydroxyl groups is 1. The summed E-state index contributed by atoms with van der Waals surface area (Å²) in [4.78, 5) is 11.8. The number of hydrogen-bond donors (Lipinski definition) is 3. The molecule has 1 fully saturated rings. The summed E-state index contributed by atoms with van der Waals surface area (Å²) in [5.41, 5.74) is 1.34. The summed E-state index contributed by atoms with van der Waals surface area (Å²) in [6.07, 6.45) is 5.05. The van der Waals surface area contributed by atoms with Crippen molar-refractivity contribution < 1.29 is 9.90 Å². The van der Waals surface area contributed by atoms with Crippen molar-refractivity contribution in [3.05, 3.63) is 35.9 Å². The second kappa shape index (κ2) is 7.90. The minimum absolute atomic E-state index is 0.108. The fourth-order valence-corrected chi connectivity index (χ4v) is 2.89. The van der Waals surface area contributed by atoms with Crippen molar-refractivity contribution in [1.29, 1.82) is 0 Å². The van der Waals surface area contributed by atoms with E-state index in [4.69, 9.17) is 5.11 Å². The standard InChI is InChI=1S/C16H24N2O2/c19-11-5-10-17-16(20)18-15-9-4-8-14(15)12-13-6-2-1-3-7-13/h1-3,6-7,14-15,19H,4-5,8-12H2,(H2,17,18,20). The Balaban J connectivity index is 1.80. The van der Waals surface area contributed by atoms with Crippen LogP contribution in [0.15, 0.2) is 30.3 Å². The number of urea groups is 1. The third-order valence-corrected chi connectivity index (χ3v) is 3.94. The molecule has 2 atom stereocenters. The third-order valence-electron chi connectivity index (χ3n) is 3.94. The molecule has 0 aliphatic heterocycles. The van der Waals surface area contributed by atoms with Gasteiger partial charge in [0.1, 0.15) is 0 Å². The molecule has 0 radical (unpaired) electrons. The van der Waals surface area contributed by atoms with Gasteiger partial charge in [0, 0.05) is 19.2 Å². The maximum Gasteiger partial charge on any atom is 0.315 e. The Morgan fingerprint density at radius 2 is 2.05 bits per heavy atom. The average molecular weight is 276 g/mol. The highest BCUT2D eigenvalue weighted by molar-refractivity contribution is 5.74. The molecular weight excluding hydrogens is 252 g/mol. The zero-order chi connectivity index (χ0) is 14.2. The van der Waals surface area contributed by atoms with E-state index in [1.165, 1.54) is 18.4 Å². The Labute approximate surface area is 120 Å². The molecule has 1 aliphatic carbocycles. The Bertz CT molecular complexity index is 408. The number of hydrogen-bond acceptors (Lipinski definition) is 2. The van der Waals surface area contributed by atoms with E-state index in [0.29, 0.717) is 18.9 Å². The summed E-state index contributed by atoms with van der Waals surface area (Å²) in [5, 5.41) is 14.6. The van der Waals surface area contributed by atoms with Gasteiger partial charge in [0.15, 0.2) is 0 Å². The molecule has 0 spiro atoms. The van der Waals surface area contributed by atoms with Gasteiger partial charge in [0.2, 0.25) is 0 Å². The van der Waals surface area contributed by atoms with Crippen LogP contribution in [0.25, 0.3) is 0 Å². The minimum Gasteiger partial charge on any atom is -0.396 e. The predicted molar refractivity (Wildman–Crippen MR) is 79.5 cm³/mol. The predicted octanol–water partition coefficient (Wildman–Crippen LogP) is 2.08. The topological polar surface area (TPSA) is 61.4 Å². The van der Waals surface area contributed by atoms with Crippen LogP contribution in [-0.4, -0.2) is 30.3 Å². The highest BCUT2D eigenvalue weighted by Crippen LogP contribution is 2.28. The van der Waals surface area contributed by atoms with Gasteiger partial charge in [-0.15, -0.1) is 0 Å². The normalized spacial score (nSPS) is 21.6. The lowest BCUT2D eigenvalue weighted by atomic mass is 9.95. The van der Waals surface area contributed by atoms with E-state index < -0.39 is 0 Å². The van der Waals surface area contributed by atoms with E-state index in [2.05, 4.69) is 34.9 Å². The highest BCUT2D eigenvalue weighted by Gasteiger charge is 2.28. The van der Waals surface area contributed by atoms with Crippen molar-refractivity contribution in [2.24, 2.45) is 5.92 Å². The zero-order valence-electron chi connectivity index (χ0n) is 11.8. The number of carbonyl (C=O) groups excluding carboxylic acids is 1. The molecule has 2 rings (SSSR count). The van der Waals surface area contributed by atoms with Crippen LogP contribution in [0.2, 0.25) is 0 Å². The molecule has 2 amide bonds. The van der Waals surface area contributed by atoms with Gasteiger partial charge in [0.25, 0.3) is 0 Å². The third kappa shape index (κ3) is 4.53. The van der Waals surface area contributed by atoms with E-state index in [1.807, 2.05) is 6.07 Å². The lowest BCUT2D eigenvalue weighted by Crippen LogP contribution is -2.44. The maximum atomic E-state index is 11.8. The van der Waals surface area contributed by atoms with Gasteiger partial charge >= 0.3 is 6.03 Å². The fourth-order valence-electron chi connectivity index (χ4n) is 2.89. The first-order valence-corrected chi connectivity index (χ1v) is 7.48. The van der Waals surface area contributed by atoms with Crippen molar-refractivity contribution in [1.82, 2.24) is 10.6 Å². The van der Waals surface area contributed by atoms with Crippen LogP contribution in [0.3, 0.4) is 0 Å². The Morgan fingerprint density at radius 1 is 1.25 bits per heavy atom. The van der Waals surface area contributed by atoms with Crippen molar-refractivity contribution in [3.63, 3.8) is 0 Å². The van der Waals surface area contributed by atoms with Gasteiger partial charge in [-0.05, 0) is 37.2 Å². The largest absolute Gasteiger partial charge is 0.396 e. The molecule has 1 aliphatic rings. The Kier molecular flexibility index (Phi) is 5.87. The minimum atomic E-state index is -0.108. The summed E-state index contributed by atoms with van der Waals surface area (Å²) < 4.78 is 0. The van der Waals surface area contributed by atoms with Crippen molar-refractivity contribution in [3.8, 4) is 0 Å². The molecule has 3 N–H and O–H groups in total. The van der Waals surface area contributed by atoms with Crippen LogP contribution >= 0.6 is 0 Å². The van der Waals surface area contributed by atoms with Crippen LogP contribution in [0, 0.1) is 5.92 Å². The van der Waals surface area contributed by atoms with Gasteiger partial charge < -0.3 is 15.7 Å². The average Bonchev–Trinajstić information content (AvgIpc) is 2.87. The SMILES string of the molecule is O=C(NCCCO)NC1CCCC1Cc1ccccc1. The Morgan fingerprint density at radius 3 is 2.80 bits per heavy atom. The summed E-state index contributed by atoms with van der Waals surface area (Å²) >= 11 is 0. The van der Waals surface area contributed by atoms with Crippen LogP contribution in [0.1, 0.15) is 31.2 Å². The van der Waals surface area contributed by atoms with Crippen molar-refractivity contribution in [2.45, 2.75) is 38.1 Å². The second-order valence-corrected chi connectivity index (χ2v) is 5.46. The van der Waals surface area contributed by atoms with E-state index in [-0.39, 0.29) is 18.7 Å². The highest BCUT2D eigenvalue weighted by atomic mass is 16.3. The van der Waals surface area contributed by atoms with Gasteiger partial charge in [0.05, 0.1) is 0 Å². The maximum absolute atomic E-state index is 11.8. The number of carbonyl (C=O) groups is 1. The quantitative estimate of drug-likeness (QED) is 0.697. The number of benzene rings is 1. The molecule has 1 saturated carbocycles. The molecule has 110 valence electrons. The summed E-state index contributed by atoms with van der Waals surface area (Å²) in [6, 6.07) is 10.6.